The van der Waals surface area contributed by atoms with Crippen molar-refractivity contribution in [2.45, 2.75) is 20.4 Å². The molecule has 0 aliphatic heterocycles. The molecule has 1 aromatic carbocycles. The molecule has 0 fully saturated rings. The minimum absolute atomic E-state index is 0.215. The Balaban J connectivity index is 1.71. The summed E-state index contributed by atoms with van der Waals surface area (Å²) in [7, 11) is 0. The number of carbonyl (C=O) groups excluding carboxylic acids is 1. The first-order chi connectivity index (χ1) is 12.0. The average molecular weight is 340 g/mol. The van der Waals surface area contributed by atoms with Crippen molar-refractivity contribution in [1.29, 1.82) is 0 Å². The summed E-state index contributed by atoms with van der Waals surface area (Å²) in [5.41, 5.74) is 5.07. The summed E-state index contributed by atoms with van der Waals surface area (Å²) in [4.78, 5) is 25.5. The number of amides is 1. The number of fused-ring (bicyclic) bond motifs is 1. The number of nitrogens with zero attached hydrogens (tertiary/aromatic N) is 4. The number of rotatable bonds is 5. The average Bonchev–Trinajstić information content (AvgIpc) is 3.17. The van der Waals surface area contributed by atoms with Crippen LogP contribution >= 0.6 is 0 Å². The smallest absolute Gasteiger partial charge is 0.360 e. The zero-order valence-electron chi connectivity index (χ0n) is 13.7. The monoisotopic (exact) mass is 340 g/mol. The molecule has 1 amide bonds. The highest BCUT2D eigenvalue weighted by molar-refractivity contribution is 6.06. The van der Waals surface area contributed by atoms with Crippen molar-refractivity contribution in [2.75, 3.05) is 0 Å². The van der Waals surface area contributed by atoms with Gasteiger partial charge in [0.05, 0.1) is 28.1 Å². The molecular weight excluding hydrogens is 324 g/mol. The van der Waals surface area contributed by atoms with Crippen LogP contribution in [0.4, 0.5) is 5.82 Å². The minimum Gasteiger partial charge on any atom is -0.360 e. The lowest BCUT2D eigenvalue weighted by molar-refractivity contribution is -0.389. The number of aromatic nitrogens is 3. The SMILES string of the molecule is C/C(Cn1nc([N+](=O)[O-])cc1C)=N\NC(=O)c1c[nH]c2ccccc12. The Morgan fingerprint density at radius 3 is 2.92 bits per heavy atom. The number of nitro groups is 1. The predicted octanol–water partition coefficient (Wildman–Crippen LogP) is 2.39. The van der Waals surface area contributed by atoms with Gasteiger partial charge in [-0.3, -0.25) is 4.79 Å². The van der Waals surface area contributed by atoms with Crippen LogP contribution in [0.5, 0.6) is 0 Å². The van der Waals surface area contributed by atoms with Crippen molar-refractivity contribution in [3.63, 3.8) is 0 Å². The maximum absolute atomic E-state index is 12.3. The van der Waals surface area contributed by atoms with Crippen molar-refractivity contribution in [3.05, 3.63) is 57.9 Å². The molecule has 9 heteroatoms. The lowest BCUT2D eigenvalue weighted by Gasteiger charge is -2.02. The van der Waals surface area contributed by atoms with Gasteiger partial charge in [0, 0.05) is 17.1 Å². The Kier molecular flexibility index (Phi) is 4.29. The number of hydrogen-bond donors (Lipinski definition) is 2. The summed E-state index contributed by atoms with van der Waals surface area (Å²) in [5.74, 6) is -0.548. The molecule has 2 aromatic heterocycles. The number of H-pyrrole nitrogens is 1. The number of nitrogens with one attached hydrogen (secondary N) is 2. The van der Waals surface area contributed by atoms with Crippen LogP contribution in [0.15, 0.2) is 41.6 Å². The summed E-state index contributed by atoms with van der Waals surface area (Å²) in [6.07, 6.45) is 1.63. The van der Waals surface area contributed by atoms with Gasteiger partial charge in [-0.1, -0.05) is 18.2 Å². The van der Waals surface area contributed by atoms with Gasteiger partial charge in [-0.15, -0.1) is 0 Å². The van der Waals surface area contributed by atoms with Gasteiger partial charge in [0.2, 0.25) is 0 Å². The number of hydrazone groups is 1. The number of aryl methyl sites for hydroxylation is 1. The Hall–Kier alpha value is -3.49. The second kappa shape index (κ2) is 6.56. The van der Waals surface area contributed by atoms with E-state index < -0.39 is 4.92 Å². The van der Waals surface area contributed by atoms with Gasteiger partial charge in [0.1, 0.15) is 6.54 Å². The minimum atomic E-state index is -0.547. The van der Waals surface area contributed by atoms with E-state index in [9.17, 15) is 14.9 Å². The summed E-state index contributed by atoms with van der Waals surface area (Å²) in [6.45, 7) is 3.67. The Labute approximate surface area is 142 Å². The van der Waals surface area contributed by atoms with Crippen molar-refractivity contribution in [3.8, 4) is 0 Å². The number of aromatic amines is 1. The molecule has 2 N–H and O–H groups in total. The highest BCUT2D eigenvalue weighted by Crippen LogP contribution is 2.17. The van der Waals surface area contributed by atoms with Crippen LogP contribution < -0.4 is 5.43 Å². The molecular formula is C16H16N6O3. The predicted molar refractivity (Wildman–Crippen MR) is 92.5 cm³/mol. The summed E-state index contributed by atoms with van der Waals surface area (Å²) < 4.78 is 1.47. The van der Waals surface area contributed by atoms with Gasteiger partial charge in [0.25, 0.3) is 5.91 Å². The third-order valence-corrected chi connectivity index (χ3v) is 3.72. The molecule has 0 unspecified atom stereocenters. The van der Waals surface area contributed by atoms with Crippen molar-refractivity contribution >= 4 is 28.3 Å². The molecule has 0 aliphatic rings. The van der Waals surface area contributed by atoms with E-state index in [2.05, 4.69) is 20.6 Å². The van der Waals surface area contributed by atoms with Crippen LogP contribution in [-0.4, -0.2) is 31.3 Å². The zero-order valence-corrected chi connectivity index (χ0v) is 13.7. The molecule has 0 saturated carbocycles. The van der Waals surface area contributed by atoms with Crippen LogP contribution in [0.25, 0.3) is 10.9 Å². The number of hydrogen-bond acceptors (Lipinski definition) is 5. The first-order valence-corrected chi connectivity index (χ1v) is 7.54. The Morgan fingerprint density at radius 2 is 2.20 bits per heavy atom. The fraction of sp³-hybridized carbons (Fsp3) is 0.188. The fourth-order valence-corrected chi connectivity index (χ4v) is 2.46. The van der Waals surface area contributed by atoms with E-state index in [1.54, 1.807) is 20.0 Å². The quantitative estimate of drug-likeness (QED) is 0.421. The maximum atomic E-state index is 12.3. The third-order valence-electron chi connectivity index (χ3n) is 3.72. The van der Waals surface area contributed by atoms with Gasteiger partial charge in [0.15, 0.2) is 0 Å². The Morgan fingerprint density at radius 1 is 1.44 bits per heavy atom. The molecule has 2 heterocycles. The maximum Gasteiger partial charge on any atom is 0.390 e. The molecule has 0 atom stereocenters. The van der Waals surface area contributed by atoms with Crippen LogP contribution in [0, 0.1) is 17.0 Å². The van der Waals surface area contributed by atoms with Crippen LogP contribution in [0.1, 0.15) is 23.0 Å². The standard InChI is InChI=1S/C16H16N6O3/c1-10(9-21-11(2)7-15(20-21)22(24)25)18-19-16(23)13-8-17-14-6-4-3-5-12(13)14/h3-8,17H,9H2,1-2H3,(H,19,23)/b18-10+. The molecule has 0 aliphatic carbocycles. The van der Waals surface area contributed by atoms with Crippen LogP contribution in [-0.2, 0) is 6.54 Å². The van der Waals surface area contributed by atoms with E-state index in [0.29, 0.717) is 17.0 Å². The topological polar surface area (TPSA) is 118 Å². The third kappa shape index (κ3) is 3.39. The van der Waals surface area contributed by atoms with Crippen LogP contribution in [0.3, 0.4) is 0 Å². The van der Waals surface area contributed by atoms with Gasteiger partial charge in [-0.05, 0) is 24.8 Å². The van der Waals surface area contributed by atoms with Gasteiger partial charge in [-0.2, -0.15) is 9.78 Å². The molecule has 0 radical (unpaired) electrons. The van der Waals surface area contributed by atoms with E-state index in [4.69, 9.17) is 0 Å². The largest absolute Gasteiger partial charge is 0.390 e. The zero-order chi connectivity index (χ0) is 18.0. The van der Waals surface area contributed by atoms with Crippen molar-refractivity contribution in [2.24, 2.45) is 5.10 Å². The van der Waals surface area contributed by atoms with E-state index in [-0.39, 0.29) is 18.3 Å². The summed E-state index contributed by atoms with van der Waals surface area (Å²) in [5, 5.41) is 19.5. The van der Waals surface area contributed by atoms with E-state index >= 15 is 0 Å². The summed E-state index contributed by atoms with van der Waals surface area (Å²) in [6, 6.07) is 8.86. The molecule has 25 heavy (non-hydrogen) atoms. The molecule has 3 rings (SSSR count). The van der Waals surface area contributed by atoms with Crippen molar-refractivity contribution in [1.82, 2.24) is 20.2 Å². The number of para-hydroxylation sites is 1. The highest BCUT2D eigenvalue weighted by Gasteiger charge is 2.16. The van der Waals surface area contributed by atoms with E-state index in [0.717, 1.165) is 10.9 Å². The number of benzene rings is 1. The highest BCUT2D eigenvalue weighted by atomic mass is 16.6. The van der Waals surface area contributed by atoms with Crippen molar-refractivity contribution < 1.29 is 9.72 Å². The second-order valence-corrected chi connectivity index (χ2v) is 5.59. The molecule has 0 bridgehead atoms. The van der Waals surface area contributed by atoms with Crippen LogP contribution in [0.2, 0.25) is 0 Å². The van der Waals surface area contributed by atoms with Gasteiger partial charge < -0.3 is 15.1 Å². The van der Waals surface area contributed by atoms with Gasteiger partial charge in [-0.25, -0.2) is 5.43 Å². The van der Waals surface area contributed by atoms with E-state index in [1.165, 1.54) is 10.7 Å². The van der Waals surface area contributed by atoms with Gasteiger partial charge >= 0.3 is 5.82 Å². The molecule has 0 spiro atoms. The second-order valence-electron chi connectivity index (χ2n) is 5.59. The molecule has 9 nitrogen and oxygen atoms in total. The molecule has 3 aromatic rings. The lowest BCUT2D eigenvalue weighted by Crippen LogP contribution is -2.20. The molecule has 0 saturated heterocycles. The fourth-order valence-electron chi connectivity index (χ4n) is 2.46. The first kappa shape index (κ1) is 16.4. The van der Waals surface area contributed by atoms with E-state index in [1.807, 2.05) is 24.3 Å². The lowest BCUT2D eigenvalue weighted by atomic mass is 10.2. The first-order valence-electron chi connectivity index (χ1n) is 7.54. The number of carbonyl (C=O) groups is 1. The molecule has 128 valence electrons. The normalized spacial score (nSPS) is 11.7. The summed E-state index contributed by atoms with van der Waals surface area (Å²) >= 11 is 0. The Bertz CT molecular complexity index is 985.